The number of hydrogen-bond acceptors (Lipinski definition) is 9. The fourth-order valence-electron chi connectivity index (χ4n) is 3.55. The van der Waals surface area contributed by atoms with Crippen LogP contribution >= 0.6 is 11.8 Å². The second kappa shape index (κ2) is 17.0. The molecule has 0 unspecified atom stereocenters. The van der Waals surface area contributed by atoms with E-state index in [4.69, 9.17) is 19.3 Å². The molecule has 2 rings (SSSR count). The van der Waals surface area contributed by atoms with Gasteiger partial charge in [0.25, 0.3) is 0 Å². The number of nitrogens with one attached hydrogen (secondary N) is 3. The molecular formula is C29H37N3O9S. The topological polar surface area (TPSA) is 169 Å². The predicted molar refractivity (Wildman–Crippen MR) is 156 cm³/mol. The number of carboxylic acid groups (broad SMARTS) is 1. The number of thioether (sulfide) groups is 1. The number of alkyl carbamates (subject to hydrolysis) is 1. The van der Waals surface area contributed by atoms with Crippen LogP contribution in [0.4, 0.5) is 9.59 Å². The Kier molecular flexibility index (Phi) is 13.8. The summed E-state index contributed by atoms with van der Waals surface area (Å²) in [6.45, 7) is 6.08. The first-order chi connectivity index (χ1) is 19.8. The van der Waals surface area contributed by atoms with Gasteiger partial charge in [-0.05, 0) is 50.6 Å². The number of hydrogen-bond donors (Lipinski definition) is 4. The molecule has 2 aromatic rings. The maximum Gasteiger partial charge on any atom is 0.408 e. The van der Waals surface area contributed by atoms with E-state index in [1.807, 2.05) is 12.1 Å². The number of aliphatic carboxylic acids is 1. The molecule has 0 aliphatic heterocycles. The van der Waals surface area contributed by atoms with Gasteiger partial charge >= 0.3 is 17.4 Å². The molecule has 3 atom stereocenters. The zero-order valence-corrected chi connectivity index (χ0v) is 24.8. The van der Waals surface area contributed by atoms with Gasteiger partial charge in [-0.15, -0.1) is 0 Å². The number of rotatable bonds is 14. The third-order valence-electron chi connectivity index (χ3n) is 5.39. The molecule has 0 bridgehead atoms. The van der Waals surface area contributed by atoms with Crippen LogP contribution in [-0.4, -0.2) is 70.4 Å². The van der Waals surface area contributed by atoms with Crippen molar-refractivity contribution >= 4 is 40.9 Å². The van der Waals surface area contributed by atoms with Gasteiger partial charge in [-0.2, -0.15) is 0 Å². The number of amides is 3. The van der Waals surface area contributed by atoms with E-state index in [0.29, 0.717) is 11.8 Å². The molecule has 0 fully saturated rings. The van der Waals surface area contributed by atoms with Crippen molar-refractivity contribution in [2.75, 3.05) is 12.3 Å². The van der Waals surface area contributed by atoms with Crippen LogP contribution < -0.4 is 16.0 Å². The summed E-state index contributed by atoms with van der Waals surface area (Å²) >= 11 is 0.655. The summed E-state index contributed by atoms with van der Waals surface area (Å²) in [5, 5.41) is 15.5. The highest BCUT2D eigenvalue weighted by Gasteiger charge is 2.34. The normalized spacial score (nSPS) is 13.1. The van der Waals surface area contributed by atoms with E-state index >= 15 is 0 Å². The van der Waals surface area contributed by atoms with Crippen LogP contribution in [0.5, 0.6) is 0 Å². The minimum Gasteiger partial charge on any atom is -0.480 e. The van der Waals surface area contributed by atoms with Gasteiger partial charge in [0, 0.05) is 5.75 Å². The van der Waals surface area contributed by atoms with Gasteiger partial charge in [0.05, 0.1) is 11.7 Å². The standard InChI is InChI=1S/C29H37N3O9S/c1-19(41-29(2,3)4)24(26(36)30-15-23(33)34)32-25(35)22(31-27(37)39-16-20-11-7-5-8-12-20)18-42-28(38)40-17-21-13-9-6-10-14-21/h5-14,19,22,24H,15-18H2,1-4H3,(H,30,36)(H,31,37)(H,32,35)(H,33,34)/t19-,22+,24+/m1/s1. The first-order valence-corrected chi connectivity index (χ1v) is 14.1. The molecule has 0 aliphatic rings. The summed E-state index contributed by atoms with van der Waals surface area (Å²) in [6, 6.07) is 15.2. The Morgan fingerprint density at radius 3 is 1.90 bits per heavy atom. The highest BCUT2D eigenvalue weighted by atomic mass is 32.2. The predicted octanol–water partition coefficient (Wildman–Crippen LogP) is 3.24. The van der Waals surface area contributed by atoms with E-state index in [-0.39, 0.29) is 19.0 Å². The lowest BCUT2D eigenvalue weighted by atomic mass is 10.1. The molecule has 0 heterocycles. The minimum atomic E-state index is -1.33. The number of benzene rings is 2. The van der Waals surface area contributed by atoms with Gasteiger partial charge in [0.2, 0.25) is 11.8 Å². The minimum absolute atomic E-state index is 0.0174. The average Bonchev–Trinajstić information content (AvgIpc) is 2.94. The quantitative estimate of drug-likeness (QED) is 0.235. The average molecular weight is 604 g/mol. The van der Waals surface area contributed by atoms with Crippen molar-refractivity contribution in [1.29, 1.82) is 0 Å². The zero-order chi connectivity index (χ0) is 31.1. The van der Waals surface area contributed by atoms with E-state index < -0.39 is 59.5 Å². The molecule has 2 aromatic carbocycles. The fraction of sp³-hybridized carbons (Fsp3) is 0.414. The SMILES string of the molecule is C[C@@H](OC(C)(C)C)[C@H](NC(=O)[C@H](CSC(=O)OCc1ccccc1)NC(=O)OCc1ccccc1)C(=O)NCC(=O)O. The molecule has 0 saturated heterocycles. The molecule has 0 saturated carbocycles. The molecule has 42 heavy (non-hydrogen) atoms. The van der Waals surface area contributed by atoms with Crippen molar-refractivity contribution in [3.8, 4) is 0 Å². The smallest absolute Gasteiger partial charge is 0.408 e. The summed E-state index contributed by atoms with van der Waals surface area (Å²) in [4.78, 5) is 62.2. The van der Waals surface area contributed by atoms with Crippen LogP contribution in [0.3, 0.4) is 0 Å². The molecular weight excluding hydrogens is 566 g/mol. The molecule has 13 heteroatoms. The van der Waals surface area contributed by atoms with Gasteiger partial charge in [-0.3, -0.25) is 14.4 Å². The zero-order valence-electron chi connectivity index (χ0n) is 24.0. The second-order valence-electron chi connectivity index (χ2n) is 10.1. The van der Waals surface area contributed by atoms with Crippen LogP contribution in [0.2, 0.25) is 0 Å². The molecule has 0 spiro atoms. The van der Waals surface area contributed by atoms with Crippen LogP contribution in [-0.2, 0) is 41.8 Å². The Bertz CT molecular complexity index is 1190. The van der Waals surface area contributed by atoms with Gasteiger partial charge in [-0.1, -0.05) is 60.7 Å². The molecule has 3 amide bonds. The molecule has 0 aliphatic carbocycles. The summed E-state index contributed by atoms with van der Waals surface area (Å²) in [5.41, 5.74) is 0.787. The number of carboxylic acids is 1. The molecule has 0 radical (unpaired) electrons. The Hall–Kier alpha value is -4.10. The first kappa shape index (κ1) is 34.1. The highest BCUT2D eigenvalue weighted by Crippen LogP contribution is 2.15. The van der Waals surface area contributed by atoms with E-state index in [9.17, 15) is 24.0 Å². The third kappa shape index (κ3) is 13.5. The van der Waals surface area contributed by atoms with Crippen molar-refractivity contribution in [2.45, 2.75) is 64.7 Å². The van der Waals surface area contributed by atoms with Gasteiger partial charge < -0.3 is 35.3 Å². The van der Waals surface area contributed by atoms with Gasteiger partial charge in [0.15, 0.2) is 0 Å². The van der Waals surface area contributed by atoms with Crippen molar-refractivity contribution in [3.05, 3.63) is 71.8 Å². The van der Waals surface area contributed by atoms with Crippen molar-refractivity contribution in [3.63, 3.8) is 0 Å². The summed E-state index contributed by atoms with van der Waals surface area (Å²) in [5.74, 6) is -3.15. The summed E-state index contributed by atoms with van der Waals surface area (Å²) in [6.07, 6.45) is -1.82. The lowest BCUT2D eigenvalue weighted by Crippen LogP contribution is -2.59. The number of carbonyl (C=O) groups excluding carboxylic acids is 4. The lowest BCUT2D eigenvalue weighted by Gasteiger charge is -2.31. The van der Waals surface area contributed by atoms with E-state index in [1.54, 1.807) is 76.2 Å². The van der Waals surface area contributed by atoms with Crippen LogP contribution in [0, 0.1) is 0 Å². The van der Waals surface area contributed by atoms with Crippen LogP contribution in [0.15, 0.2) is 60.7 Å². The lowest BCUT2D eigenvalue weighted by molar-refractivity contribution is -0.141. The highest BCUT2D eigenvalue weighted by molar-refractivity contribution is 8.13. The second-order valence-corrected chi connectivity index (χ2v) is 11.1. The number of carbonyl (C=O) groups is 5. The Morgan fingerprint density at radius 2 is 1.38 bits per heavy atom. The van der Waals surface area contributed by atoms with Crippen LogP contribution in [0.1, 0.15) is 38.8 Å². The first-order valence-electron chi connectivity index (χ1n) is 13.1. The summed E-state index contributed by atoms with van der Waals surface area (Å²) in [7, 11) is 0. The van der Waals surface area contributed by atoms with Crippen molar-refractivity contribution < 1.29 is 43.3 Å². The van der Waals surface area contributed by atoms with E-state index in [0.717, 1.165) is 11.1 Å². The van der Waals surface area contributed by atoms with Crippen LogP contribution in [0.25, 0.3) is 0 Å². The van der Waals surface area contributed by atoms with E-state index in [2.05, 4.69) is 16.0 Å². The van der Waals surface area contributed by atoms with Gasteiger partial charge in [-0.25, -0.2) is 9.59 Å². The molecule has 4 N–H and O–H groups in total. The molecule has 0 aromatic heterocycles. The Morgan fingerprint density at radius 1 is 0.833 bits per heavy atom. The Labute approximate surface area is 248 Å². The molecule has 228 valence electrons. The largest absolute Gasteiger partial charge is 0.480 e. The fourth-order valence-corrected chi connectivity index (χ4v) is 4.23. The monoisotopic (exact) mass is 603 g/mol. The van der Waals surface area contributed by atoms with Crippen molar-refractivity contribution in [1.82, 2.24) is 16.0 Å². The third-order valence-corrected chi connectivity index (χ3v) is 6.25. The maximum atomic E-state index is 13.4. The number of ether oxygens (including phenoxy) is 3. The maximum absolute atomic E-state index is 13.4. The molecule has 12 nitrogen and oxygen atoms in total. The van der Waals surface area contributed by atoms with Gasteiger partial charge in [0.1, 0.15) is 31.8 Å². The Balaban J connectivity index is 2.14. The summed E-state index contributed by atoms with van der Waals surface area (Å²) < 4.78 is 16.3. The van der Waals surface area contributed by atoms with E-state index in [1.165, 1.54) is 0 Å². The van der Waals surface area contributed by atoms with Crippen molar-refractivity contribution in [2.24, 2.45) is 0 Å².